The van der Waals surface area contributed by atoms with Gasteiger partial charge in [-0.05, 0) is 85.5 Å². The maximum atomic E-state index is 10.7. The monoisotopic (exact) mass is 456 g/mol. The average Bonchev–Trinajstić information content (AvgIpc) is 2.76. The standard InChI is InChI=1S/C27H40N2O4/c1-19(2)10-13-31-25-7-4-8-26(32-14-12-29)27(25)22-15-21(24(30)9-11-28)16-23(17-22)33-18-20-5-3-6-20/h4,7-8,15-17,19-20,24,30H,3,5-6,9-14,18,28-29H2,1-2H3. The SMILES string of the molecule is CC(C)CCOc1cccc(OCCN)c1-c1cc(OCC2CCC2)cc(C(O)CCN)c1. The summed E-state index contributed by atoms with van der Waals surface area (Å²) in [6, 6.07) is 11.7. The molecule has 3 rings (SSSR count). The van der Waals surface area contributed by atoms with Crippen molar-refractivity contribution in [3.05, 3.63) is 42.0 Å². The first-order valence-corrected chi connectivity index (χ1v) is 12.3. The van der Waals surface area contributed by atoms with Crippen molar-refractivity contribution < 1.29 is 19.3 Å². The van der Waals surface area contributed by atoms with E-state index < -0.39 is 6.10 Å². The van der Waals surface area contributed by atoms with E-state index in [4.69, 9.17) is 25.7 Å². The molecule has 33 heavy (non-hydrogen) atoms. The zero-order chi connectivity index (χ0) is 23.6. The molecule has 1 atom stereocenters. The molecule has 5 N–H and O–H groups in total. The van der Waals surface area contributed by atoms with Gasteiger partial charge in [-0.25, -0.2) is 0 Å². The third kappa shape index (κ3) is 7.36. The van der Waals surface area contributed by atoms with Crippen molar-refractivity contribution in [2.24, 2.45) is 23.3 Å². The Morgan fingerprint density at radius 1 is 0.939 bits per heavy atom. The van der Waals surface area contributed by atoms with Gasteiger partial charge in [-0.3, -0.25) is 0 Å². The molecule has 2 aromatic carbocycles. The Labute approximate surface area is 198 Å². The van der Waals surface area contributed by atoms with Gasteiger partial charge < -0.3 is 30.8 Å². The molecule has 0 aliphatic heterocycles. The van der Waals surface area contributed by atoms with Gasteiger partial charge >= 0.3 is 0 Å². The zero-order valence-corrected chi connectivity index (χ0v) is 20.1. The van der Waals surface area contributed by atoms with Crippen LogP contribution in [0, 0.1) is 11.8 Å². The molecule has 1 fully saturated rings. The van der Waals surface area contributed by atoms with E-state index in [1.165, 1.54) is 19.3 Å². The van der Waals surface area contributed by atoms with E-state index in [-0.39, 0.29) is 0 Å². The summed E-state index contributed by atoms with van der Waals surface area (Å²) >= 11 is 0. The summed E-state index contributed by atoms with van der Waals surface area (Å²) in [5.74, 6) is 3.36. The number of aliphatic hydroxyl groups is 1. The van der Waals surface area contributed by atoms with Crippen molar-refractivity contribution in [3.8, 4) is 28.4 Å². The van der Waals surface area contributed by atoms with Crippen molar-refractivity contribution >= 4 is 0 Å². The minimum Gasteiger partial charge on any atom is -0.493 e. The molecule has 0 aromatic heterocycles. The molecule has 0 amide bonds. The Bertz CT molecular complexity index is 867. The highest BCUT2D eigenvalue weighted by Gasteiger charge is 2.20. The topological polar surface area (TPSA) is 100.0 Å². The lowest BCUT2D eigenvalue weighted by molar-refractivity contribution is 0.166. The molecule has 0 saturated heterocycles. The molecule has 1 unspecified atom stereocenters. The third-order valence-electron chi connectivity index (χ3n) is 6.07. The van der Waals surface area contributed by atoms with Gasteiger partial charge in [0, 0.05) is 6.54 Å². The number of hydrogen-bond donors (Lipinski definition) is 3. The van der Waals surface area contributed by atoms with E-state index in [0.29, 0.717) is 56.9 Å². The van der Waals surface area contributed by atoms with Crippen LogP contribution >= 0.6 is 0 Å². The molecular weight excluding hydrogens is 416 g/mol. The maximum absolute atomic E-state index is 10.7. The lowest BCUT2D eigenvalue weighted by Crippen LogP contribution is -2.19. The third-order valence-corrected chi connectivity index (χ3v) is 6.07. The normalized spacial score (nSPS) is 14.7. The van der Waals surface area contributed by atoms with Crippen LogP contribution in [0.1, 0.15) is 57.6 Å². The summed E-state index contributed by atoms with van der Waals surface area (Å²) in [7, 11) is 0. The largest absolute Gasteiger partial charge is 0.493 e. The van der Waals surface area contributed by atoms with E-state index >= 15 is 0 Å². The molecule has 0 heterocycles. The first kappa shape index (κ1) is 25.3. The molecule has 0 radical (unpaired) electrons. The summed E-state index contributed by atoms with van der Waals surface area (Å²) in [5, 5.41) is 10.7. The lowest BCUT2D eigenvalue weighted by atomic mass is 9.86. The first-order chi connectivity index (χ1) is 16.0. The summed E-state index contributed by atoms with van der Waals surface area (Å²) < 4.78 is 18.4. The predicted octanol–water partition coefficient (Wildman–Crippen LogP) is 4.68. The fourth-order valence-electron chi connectivity index (χ4n) is 3.85. The lowest BCUT2D eigenvalue weighted by Gasteiger charge is -2.25. The predicted molar refractivity (Wildman–Crippen MR) is 133 cm³/mol. The molecule has 182 valence electrons. The van der Waals surface area contributed by atoms with Crippen LogP contribution in [0.2, 0.25) is 0 Å². The van der Waals surface area contributed by atoms with Crippen molar-refractivity contribution in [1.29, 1.82) is 0 Å². The first-order valence-electron chi connectivity index (χ1n) is 12.3. The summed E-state index contributed by atoms with van der Waals surface area (Å²) in [4.78, 5) is 0. The smallest absolute Gasteiger partial charge is 0.130 e. The molecule has 1 saturated carbocycles. The Kier molecular flexibility index (Phi) is 9.85. The number of rotatable bonds is 14. The minimum atomic E-state index is -0.663. The van der Waals surface area contributed by atoms with Gasteiger partial charge in [0.05, 0.1) is 24.9 Å². The van der Waals surface area contributed by atoms with Gasteiger partial charge in [0.1, 0.15) is 23.9 Å². The van der Waals surface area contributed by atoms with E-state index in [9.17, 15) is 5.11 Å². The van der Waals surface area contributed by atoms with Gasteiger partial charge in [0.25, 0.3) is 0 Å². The summed E-state index contributed by atoms with van der Waals surface area (Å²) in [6.07, 6.45) is 4.48. The van der Waals surface area contributed by atoms with Gasteiger partial charge in [-0.1, -0.05) is 26.3 Å². The zero-order valence-electron chi connectivity index (χ0n) is 20.1. The second kappa shape index (κ2) is 12.8. The van der Waals surface area contributed by atoms with Gasteiger partial charge in [-0.15, -0.1) is 0 Å². The fourth-order valence-corrected chi connectivity index (χ4v) is 3.85. The van der Waals surface area contributed by atoms with Crippen LogP contribution in [0.4, 0.5) is 0 Å². The summed E-state index contributed by atoms with van der Waals surface area (Å²) in [5.41, 5.74) is 13.9. The molecule has 0 bridgehead atoms. The number of aliphatic hydroxyl groups excluding tert-OH is 1. The maximum Gasteiger partial charge on any atom is 0.130 e. The second-order valence-corrected chi connectivity index (χ2v) is 9.29. The fraction of sp³-hybridized carbons (Fsp3) is 0.556. The molecule has 1 aliphatic rings. The van der Waals surface area contributed by atoms with Crippen LogP contribution in [0.3, 0.4) is 0 Å². The number of benzene rings is 2. The molecule has 6 heteroatoms. The highest BCUT2D eigenvalue weighted by Crippen LogP contribution is 2.41. The van der Waals surface area contributed by atoms with Crippen LogP contribution in [0.25, 0.3) is 11.1 Å². The molecule has 2 aromatic rings. The van der Waals surface area contributed by atoms with Crippen LogP contribution in [-0.4, -0.2) is 38.0 Å². The highest BCUT2D eigenvalue weighted by molar-refractivity contribution is 5.78. The Morgan fingerprint density at radius 2 is 1.67 bits per heavy atom. The Morgan fingerprint density at radius 3 is 2.27 bits per heavy atom. The van der Waals surface area contributed by atoms with Crippen molar-refractivity contribution in [2.45, 2.75) is 52.1 Å². The molecule has 6 nitrogen and oxygen atoms in total. The van der Waals surface area contributed by atoms with E-state index in [2.05, 4.69) is 13.8 Å². The van der Waals surface area contributed by atoms with Crippen molar-refractivity contribution in [3.63, 3.8) is 0 Å². The Hall–Kier alpha value is -2.28. The number of nitrogens with two attached hydrogens (primary N) is 2. The average molecular weight is 457 g/mol. The van der Waals surface area contributed by atoms with Gasteiger partial charge in [-0.2, -0.15) is 0 Å². The van der Waals surface area contributed by atoms with Crippen LogP contribution in [0.5, 0.6) is 17.2 Å². The molecule has 1 aliphatic carbocycles. The Balaban J connectivity index is 1.99. The van der Waals surface area contributed by atoms with E-state index in [1.54, 1.807) is 0 Å². The highest BCUT2D eigenvalue weighted by atomic mass is 16.5. The molecular formula is C27H40N2O4. The van der Waals surface area contributed by atoms with Crippen LogP contribution < -0.4 is 25.7 Å². The van der Waals surface area contributed by atoms with Crippen molar-refractivity contribution in [2.75, 3.05) is 32.9 Å². The number of hydrogen-bond acceptors (Lipinski definition) is 6. The van der Waals surface area contributed by atoms with Crippen LogP contribution in [-0.2, 0) is 0 Å². The quantitative estimate of drug-likeness (QED) is 0.382. The van der Waals surface area contributed by atoms with E-state index in [0.717, 1.165) is 34.6 Å². The number of ether oxygens (including phenoxy) is 3. The van der Waals surface area contributed by atoms with Gasteiger partial charge in [0.2, 0.25) is 0 Å². The van der Waals surface area contributed by atoms with Crippen LogP contribution in [0.15, 0.2) is 36.4 Å². The summed E-state index contributed by atoms with van der Waals surface area (Å²) in [6.45, 7) is 6.90. The van der Waals surface area contributed by atoms with E-state index in [1.807, 2.05) is 36.4 Å². The second-order valence-electron chi connectivity index (χ2n) is 9.29. The van der Waals surface area contributed by atoms with Gasteiger partial charge in [0.15, 0.2) is 0 Å². The minimum absolute atomic E-state index is 0.406. The van der Waals surface area contributed by atoms with Crippen molar-refractivity contribution in [1.82, 2.24) is 0 Å². The molecule has 0 spiro atoms.